The van der Waals surface area contributed by atoms with Crippen LogP contribution in [0, 0.1) is 0 Å². The number of para-hydroxylation sites is 1. The van der Waals surface area contributed by atoms with E-state index in [0.29, 0.717) is 12.8 Å². The second-order valence-electron chi connectivity index (χ2n) is 7.30. The van der Waals surface area contributed by atoms with Gasteiger partial charge in [-0.05, 0) is 53.4 Å². The summed E-state index contributed by atoms with van der Waals surface area (Å²) in [6.07, 6.45) is 0.723. The fourth-order valence-corrected chi connectivity index (χ4v) is 3.68. The lowest BCUT2D eigenvalue weighted by molar-refractivity contribution is -0.128. The van der Waals surface area contributed by atoms with Crippen LogP contribution < -0.4 is 19.5 Å². The second kappa shape index (κ2) is 8.91. The van der Waals surface area contributed by atoms with Gasteiger partial charge in [0.05, 0.1) is 20.3 Å². The van der Waals surface area contributed by atoms with Crippen LogP contribution >= 0.6 is 0 Å². The van der Waals surface area contributed by atoms with Crippen LogP contribution in [0.15, 0.2) is 72.8 Å². The van der Waals surface area contributed by atoms with E-state index in [2.05, 4.69) is 5.32 Å². The molecule has 0 aliphatic carbocycles. The quantitative estimate of drug-likeness (QED) is 0.645. The normalized spacial score (nSPS) is 15.6. The van der Waals surface area contributed by atoms with Gasteiger partial charge in [0.2, 0.25) is 0 Å². The van der Waals surface area contributed by atoms with E-state index in [0.717, 1.165) is 33.9 Å². The number of methoxy groups -OCH3 is 2. The fraction of sp³-hybridized carbons (Fsp3) is 0.240. The highest BCUT2D eigenvalue weighted by atomic mass is 16.5. The largest absolute Gasteiger partial charge is 0.497 e. The van der Waals surface area contributed by atoms with Crippen molar-refractivity contribution >= 4 is 5.91 Å². The fourth-order valence-electron chi connectivity index (χ4n) is 3.68. The number of hydrogen-bond donors (Lipinski definition) is 1. The summed E-state index contributed by atoms with van der Waals surface area (Å²) in [6, 6.07) is 23.3. The molecule has 5 nitrogen and oxygen atoms in total. The highest BCUT2D eigenvalue weighted by Gasteiger charge is 2.30. The van der Waals surface area contributed by atoms with Gasteiger partial charge in [0, 0.05) is 6.42 Å². The number of carbonyl (C=O) groups excluding carboxylic acids is 1. The molecule has 0 saturated carbocycles. The van der Waals surface area contributed by atoms with Crippen molar-refractivity contribution < 1.29 is 19.0 Å². The van der Waals surface area contributed by atoms with E-state index >= 15 is 0 Å². The molecule has 1 heterocycles. The van der Waals surface area contributed by atoms with E-state index < -0.39 is 6.10 Å². The molecule has 0 radical (unpaired) electrons. The monoisotopic (exact) mass is 403 g/mol. The molecule has 0 fully saturated rings. The minimum absolute atomic E-state index is 0.111. The summed E-state index contributed by atoms with van der Waals surface area (Å²) >= 11 is 0. The average Bonchev–Trinajstić information content (AvgIpc) is 3.24. The summed E-state index contributed by atoms with van der Waals surface area (Å²) < 4.78 is 16.4. The number of fused-ring (bicyclic) bond motifs is 1. The third kappa shape index (κ3) is 4.40. The Morgan fingerprint density at radius 3 is 2.23 bits per heavy atom. The molecule has 2 atom stereocenters. The Morgan fingerprint density at radius 1 is 0.967 bits per heavy atom. The maximum atomic E-state index is 13.0. The average molecular weight is 403 g/mol. The molecule has 0 unspecified atom stereocenters. The van der Waals surface area contributed by atoms with Crippen LogP contribution in [0.1, 0.15) is 22.7 Å². The summed E-state index contributed by atoms with van der Waals surface area (Å²) in [4.78, 5) is 13.0. The topological polar surface area (TPSA) is 56.8 Å². The molecular formula is C25H25NO4. The summed E-state index contributed by atoms with van der Waals surface area (Å²) in [5.74, 6) is 2.26. The van der Waals surface area contributed by atoms with Gasteiger partial charge in [-0.15, -0.1) is 0 Å². The van der Waals surface area contributed by atoms with Crippen LogP contribution in [-0.4, -0.2) is 26.2 Å². The van der Waals surface area contributed by atoms with Crippen molar-refractivity contribution in [2.24, 2.45) is 0 Å². The van der Waals surface area contributed by atoms with Gasteiger partial charge in [-0.2, -0.15) is 0 Å². The van der Waals surface area contributed by atoms with Gasteiger partial charge in [-0.1, -0.05) is 42.5 Å². The van der Waals surface area contributed by atoms with E-state index in [4.69, 9.17) is 14.2 Å². The number of carbonyl (C=O) groups is 1. The Hall–Kier alpha value is -3.47. The molecule has 1 aliphatic rings. The SMILES string of the molecule is COc1ccc(C[C@H](NC(=O)[C@@H]2Cc3ccccc3O2)c2ccc(OC)cc2)cc1. The zero-order chi connectivity index (χ0) is 20.9. The highest BCUT2D eigenvalue weighted by molar-refractivity contribution is 5.83. The molecule has 0 aromatic heterocycles. The standard InChI is InChI=1S/C25H25NO4/c1-28-20-11-7-17(8-12-20)15-22(18-9-13-21(29-2)14-10-18)26-25(27)24-16-19-5-3-4-6-23(19)30-24/h3-14,22,24H,15-16H2,1-2H3,(H,26,27)/t22-,24-/m0/s1. The van der Waals surface area contributed by atoms with Gasteiger partial charge in [0.25, 0.3) is 5.91 Å². The van der Waals surface area contributed by atoms with Crippen molar-refractivity contribution in [3.05, 3.63) is 89.5 Å². The first-order valence-corrected chi connectivity index (χ1v) is 9.98. The molecule has 3 aromatic carbocycles. The number of nitrogens with one attached hydrogen (secondary N) is 1. The predicted molar refractivity (Wildman–Crippen MR) is 115 cm³/mol. The predicted octanol–water partition coefficient (Wildman–Crippen LogP) is 4.11. The van der Waals surface area contributed by atoms with Gasteiger partial charge < -0.3 is 19.5 Å². The molecule has 1 N–H and O–H groups in total. The van der Waals surface area contributed by atoms with Crippen molar-refractivity contribution in [3.63, 3.8) is 0 Å². The van der Waals surface area contributed by atoms with Crippen molar-refractivity contribution in [1.29, 1.82) is 0 Å². The maximum Gasteiger partial charge on any atom is 0.261 e. The first kappa shape index (κ1) is 19.8. The Morgan fingerprint density at radius 2 is 1.60 bits per heavy atom. The number of benzene rings is 3. The van der Waals surface area contributed by atoms with E-state index in [9.17, 15) is 4.79 Å². The summed E-state index contributed by atoms with van der Waals surface area (Å²) in [5.41, 5.74) is 3.18. The van der Waals surface area contributed by atoms with E-state index in [1.165, 1.54) is 0 Å². The molecule has 0 saturated heterocycles. The Balaban J connectivity index is 1.52. The Labute approximate surface area is 176 Å². The Bertz CT molecular complexity index is 973. The third-order valence-electron chi connectivity index (χ3n) is 5.37. The molecule has 154 valence electrons. The lowest BCUT2D eigenvalue weighted by Gasteiger charge is -2.22. The van der Waals surface area contributed by atoms with Crippen LogP contribution in [-0.2, 0) is 17.6 Å². The number of ether oxygens (including phenoxy) is 3. The number of hydrogen-bond acceptors (Lipinski definition) is 4. The minimum atomic E-state index is -0.515. The summed E-state index contributed by atoms with van der Waals surface area (Å²) in [5, 5.41) is 3.19. The number of rotatable bonds is 7. The van der Waals surface area contributed by atoms with Crippen LogP contribution in [0.4, 0.5) is 0 Å². The lowest BCUT2D eigenvalue weighted by atomic mass is 9.98. The van der Waals surface area contributed by atoms with Gasteiger partial charge in [-0.25, -0.2) is 0 Å². The van der Waals surface area contributed by atoms with Crippen LogP contribution in [0.3, 0.4) is 0 Å². The number of amides is 1. The molecular weight excluding hydrogens is 378 g/mol. The molecule has 1 amide bonds. The first-order valence-electron chi connectivity index (χ1n) is 9.98. The van der Waals surface area contributed by atoms with E-state index in [1.54, 1.807) is 14.2 Å². The molecule has 4 rings (SSSR count). The summed E-state index contributed by atoms with van der Waals surface area (Å²) in [7, 11) is 3.29. The Kier molecular flexibility index (Phi) is 5.89. The minimum Gasteiger partial charge on any atom is -0.497 e. The van der Waals surface area contributed by atoms with Crippen molar-refractivity contribution in [2.75, 3.05) is 14.2 Å². The highest BCUT2D eigenvalue weighted by Crippen LogP contribution is 2.29. The molecule has 30 heavy (non-hydrogen) atoms. The second-order valence-corrected chi connectivity index (χ2v) is 7.30. The summed E-state index contributed by atoms with van der Waals surface area (Å²) in [6.45, 7) is 0. The zero-order valence-electron chi connectivity index (χ0n) is 17.1. The van der Waals surface area contributed by atoms with Crippen LogP contribution in [0.2, 0.25) is 0 Å². The van der Waals surface area contributed by atoms with Crippen LogP contribution in [0.25, 0.3) is 0 Å². The van der Waals surface area contributed by atoms with Crippen molar-refractivity contribution in [1.82, 2.24) is 5.32 Å². The third-order valence-corrected chi connectivity index (χ3v) is 5.37. The molecule has 5 heteroatoms. The first-order chi connectivity index (χ1) is 14.7. The zero-order valence-corrected chi connectivity index (χ0v) is 17.1. The van der Waals surface area contributed by atoms with E-state index in [-0.39, 0.29) is 11.9 Å². The van der Waals surface area contributed by atoms with Gasteiger partial charge >= 0.3 is 0 Å². The molecule has 0 bridgehead atoms. The van der Waals surface area contributed by atoms with E-state index in [1.807, 2.05) is 72.8 Å². The smallest absolute Gasteiger partial charge is 0.261 e. The molecule has 0 spiro atoms. The van der Waals surface area contributed by atoms with Gasteiger partial charge in [0.1, 0.15) is 17.2 Å². The molecule has 3 aromatic rings. The van der Waals surface area contributed by atoms with Gasteiger partial charge in [-0.3, -0.25) is 4.79 Å². The maximum absolute atomic E-state index is 13.0. The van der Waals surface area contributed by atoms with Gasteiger partial charge in [0.15, 0.2) is 6.10 Å². The lowest BCUT2D eigenvalue weighted by Crippen LogP contribution is -2.40. The van der Waals surface area contributed by atoms with Crippen molar-refractivity contribution in [3.8, 4) is 17.2 Å². The molecule has 1 aliphatic heterocycles. The van der Waals surface area contributed by atoms with Crippen molar-refractivity contribution in [2.45, 2.75) is 25.0 Å². The van der Waals surface area contributed by atoms with Crippen LogP contribution in [0.5, 0.6) is 17.2 Å².